The molecule has 0 unspecified atom stereocenters. The number of amides is 1. The van der Waals surface area contributed by atoms with Gasteiger partial charge in [0.15, 0.2) is 0 Å². The van der Waals surface area contributed by atoms with Crippen LogP contribution in [0.25, 0.3) is 0 Å². The van der Waals surface area contributed by atoms with Gasteiger partial charge in [-0.15, -0.1) is 0 Å². The Bertz CT molecular complexity index is 465. The van der Waals surface area contributed by atoms with Crippen LogP contribution in [0.3, 0.4) is 0 Å². The van der Waals surface area contributed by atoms with Gasteiger partial charge >= 0.3 is 12.3 Å². The van der Waals surface area contributed by atoms with Gasteiger partial charge in [0.2, 0.25) is 0 Å². The molecule has 0 fully saturated rings. The fourth-order valence-corrected chi connectivity index (χ4v) is 1.29. The topological polar surface area (TPSA) is 67.2 Å². The third-order valence-electron chi connectivity index (χ3n) is 2.38. The number of rotatable bonds is 5. The summed E-state index contributed by atoms with van der Waals surface area (Å²) in [5.74, 6) is -4.61. The Morgan fingerprint density at radius 3 is 2.58 bits per heavy atom. The third-order valence-corrected chi connectivity index (χ3v) is 2.38. The van der Waals surface area contributed by atoms with Crippen LogP contribution in [0.15, 0.2) is 18.2 Å². The normalized spacial score (nSPS) is 11.5. The van der Waals surface area contributed by atoms with Crippen LogP contribution in [0.2, 0.25) is 0 Å². The second-order valence-corrected chi connectivity index (χ2v) is 3.80. The van der Waals surface area contributed by atoms with E-state index < -0.39 is 24.8 Å². The highest BCUT2D eigenvalue weighted by Crippen LogP contribution is 2.26. The maximum Gasteiger partial charge on any atom is 0.324 e. The summed E-state index contributed by atoms with van der Waals surface area (Å²) in [4.78, 5) is 11.3. The van der Waals surface area contributed by atoms with Crippen LogP contribution in [0.4, 0.5) is 28.9 Å². The number of hydrogen-bond donors (Lipinski definition) is 3. The average Bonchev–Trinajstić information content (AvgIpc) is 2.36. The van der Waals surface area contributed by atoms with Crippen molar-refractivity contribution in [3.8, 4) is 0 Å². The van der Waals surface area contributed by atoms with Crippen molar-refractivity contribution in [2.45, 2.75) is 12.3 Å². The molecule has 4 nitrogen and oxygen atoms in total. The van der Waals surface area contributed by atoms with Crippen molar-refractivity contribution in [3.63, 3.8) is 0 Å². The highest BCUT2D eigenvalue weighted by atomic mass is 19.3. The van der Waals surface area contributed by atoms with Crippen LogP contribution < -0.4 is 16.4 Å². The molecule has 106 valence electrons. The molecule has 0 radical (unpaired) electrons. The molecule has 0 atom stereocenters. The van der Waals surface area contributed by atoms with Crippen LogP contribution in [-0.2, 0) is 0 Å². The first-order chi connectivity index (χ1) is 8.77. The molecule has 19 heavy (non-hydrogen) atoms. The number of carbonyl (C=O) groups excluding carboxylic acids is 1. The number of anilines is 2. The Hall–Kier alpha value is -1.99. The summed E-state index contributed by atoms with van der Waals surface area (Å²) in [6.45, 7) is -1.27. The monoisotopic (exact) mass is 279 g/mol. The van der Waals surface area contributed by atoms with E-state index in [4.69, 9.17) is 5.73 Å². The molecule has 8 heteroatoms. The fourth-order valence-electron chi connectivity index (χ4n) is 1.29. The lowest BCUT2D eigenvalue weighted by atomic mass is 10.1. The van der Waals surface area contributed by atoms with E-state index in [9.17, 15) is 22.4 Å². The van der Waals surface area contributed by atoms with Gasteiger partial charge in [0.25, 0.3) is 5.91 Å². The van der Waals surface area contributed by atoms with Crippen LogP contribution in [0, 0.1) is 0 Å². The van der Waals surface area contributed by atoms with Gasteiger partial charge in [0, 0.05) is 12.6 Å². The number of hydrogen-bond acceptors (Lipinski definition) is 3. The molecule has 0 aromatic heterocycles. The van der Waals surface area contributed by atoms with Crippen LogP contribution in [0.1, 0.15) is 10.4 Å². The van der Waals surface area contributed by atoms with Gasteiger partial charge in [-0.2, -0.15) is 8.78 Å². The zero-order valence-corrected chi connectivity index (χ0v) is 10.0. The summed E-state index contributed by atoms with van der Waals surface area (Å²) in [6, 6.07) is 3.94. The van der Waals surface area contributed by atoms with Gasteiger partial charge in [-0.25, -0.2) is 8.78 Å². The minimum Gasteiger partial charge on any atom is -0.397 e. The van der Waals surface area contributed by atoms with E-state index in [1.807, 2.05) is 0 Å². The first kappa shape index (κ1) is 15.1. The minimum absolute atomic E-state index is 0.00132. The number of halogens is 4. The largest absolute Gasteiger partial charge is 0.397 e. The lowest BCUT2D eigenvalue weighted by Crippen LogP contribution is -2.35. The lowest BCUT2D eigenvalue weighted by molar-refractivity contribution is -0.117. The summed E-state index contributed by atoms with van der Waals surface area (Å²) in [6.07, 6.45) is -3.77. The molecule has 0 saturated carbocycles. The van der Waals surface area contributed by atoms with Gasteiger partial charge in [0.1, 0.15) is 0 Å². The molecule has 0 spiro atoms. The van der Waals surface area contributed by atoms with Crippen molar-refractivity contribution >= 4 is 17.3 Å². The number of benzene rings is 1. The zero-order valence-electron chi connectivity index (χ0n) is 10.0. The van der Waals surface area contributed by atoms with Gasteiger partial charge in [0.05, 0.1) is 17.9 Å². The van der Waals surface area contributed by atoms with E-state index in [-0.39, 0.29) is 16.9 Å². The Morgan fingerprint density at radius 2 is 2.05 bits per heavy atom. The molecule has 0 bridgehead atoms. The lowest BCUT2D eigenvalue weighted by Gasteiger charge is -2.17. The summed E-state index contributed by atoms with van der Waals surface area (Å²) in [5, 5.41) is 4.46. The quantitative estimate of drug-likeness (QED) is 0.570. The molecule has 0 heterocycles. The highest BCUT2D eigenvalue weighted by Gasteiger charge is 2.40. The van der Waals surface area contributed by atoms with E-state index in [1.54, 1.807) is 0 Å². The third kappa shape index (κ3) is 3.73. The van der Waals surface area contributed by atoms with E-state index in [0.717, 1.165) is 0 Å². The molecule has 1 rings (SSSR count). The molecule has 0 saturated heterocycles. The molecule has 1 aromatic carbocycles. The van der Waals surface area contributed by atoms with Crippen molar-refractivity contribution in [2.75, 3.05) is 24.6 Å². The van der Waals surface area contributed by atoms with E-state index in [2.05, 4.69) is 10.6 Å². The van der Waals surface area contributed by atoms with Gasteiger partial charge in [-0.3, -0.25) is 4.79 Å². The standard InChI is InChI=1S/C11H13F4N3O/c1-17-9(19)6-2-3-7(16)8(4-6)18-5-11(14,15)10(12)13/h2-4,10,18H,5,16H2,1H3,(H,17,19). The molecule has 4 N–H and O–H groups in total. The Morgan fingerprint density at radius 1 is 1.42 bits per heavy atom. The summed E-state index contributed by atoms with van der Waals surface area (Å²) in [7, 11) is 1.40. The SMILES string of the molecule is CNC(=O)c1ccc(N)c(NCC(F)(F)C(F)F)c1. The summed E-state index contributed by atoms with van der Waals surface area (Å²) in [5.41, 5.74) is 5.77. The maximum atomic E-state index is 12.8. The van der Waals surface area contributed by atoms with Crippen LogP contribution in [-0.4, -0.2) is 31.8 Å². The predicted molar refractivity (Wildman–Crippen MR) is 63.7 cm³/mol. The molecular weight excluding hydrogens is 266 g/mol. The van der Waals surface area contributed by atoms with Gasteiger partial charge in [-0.05, 0) is 18.2 Å². The van der Waals surface area contributed by atoms with Crippen molar-refractivity contribution in [1.82, 2.24) is 5.32 Å². The van der Waals surface area contributed by atoms with Crippen LogP contribution in [0.5, 0.6) is 0 Å². The number of nitrogen functional groups attached to an aromatic ring is 1. The van der Waals surface area contributed by atoms with E-state index in [1.165, 1.54) is 25.2 Å². The number of nitrogens with one attached hydrogen (secondary N) is 2. The Labute approximate surface area is 107 Å². The molecule has 1 aromatic rings. The van der Waals surface area contributed by atoms with Gasteiger partial charge < -0.3 is 16.4 Å². The smallest absolute Gasteiger partial charge is 0.324 e. The molecular formula is C11H13F4N3O. The van der Waals surface area contributed by atoms with Crippen molar-refractivity contribution < 1.29 is 22.4 Å². The molecule has 0 aliphatic rings. The minimum atomic E-state index is -4.17. The zero-order chi connectivity index (χ0) is 14.6. The van der Waals surface area contributed by atoms with E-state index >= 15 is 0 Å². The fraction of sp³-hybridized carbons (Fsp3) is 0.364. The van der Waals surface area contributed by atoms with Gasteiger partial charge in [-0.1, -0.05) is 0 Å². The average molecular weight is 279 g/mol. The number of carbonyl (C=O) groups is 1. The first-order valence-electron chi connectivity index (χ1n) is 5.29. The molecule has 0 aliphatic carbocycles. The second kappa shape index (κ2) is 5.77. The highest BCUT2D eigenvalue weighted by molar-refractivity contribution is 5.96. The Kier molecular flexibility index (Phi) is 4.57. The van der Waals surface area contributed by atoms with E-state index in [0.29, 0.717) is 0 Å². The summed E-state index contributed by atoms with van der Waals surface area (Å²) >= 11 is 0. The number of nitrogens with two attached hydrogens (primary N) is 1. The van der Waals surface area contributed by atoms with Crippen molar-refractivity contribution in [2.24, 2.45) is 0 Å². The molecule has 1 amide bonds. The predicted octanol–water partition coefficient (Wildman–Crippen LogP) is 1.94. The van der Waals surface area contributed by atoms with Crippen LogP contribution >= 0.6 is 0 Å². The molecule has 0 aliphatic heterocycles. The maximum absolute atomic E-state index is 12.8. The van der Waals surface area contributed by atoms with Crippen molar-refractivity contribution in [1.29, 1.82) is 0 Å². The first-order valence-corrected chi connectivity index (χ1v) is 5.29. The number of alkyl halides is 4. The second-order valence-electron chi connectivity index (χ2n) is 3.80. The van der Waals surface area contributed by atoms with Crippen molar-refractivity contribution in [3.05, 3.63) is 23.8 Å². The Balaban J connectivity index is 2.86. The summed E-state index contributed by atoms with van der Waals surface area (Å²) < 4.78 is 49.5.